The number of hydrogen-bond donors (Lipinski definition) is 1. The normalized spacial score (nSPS) is 10.7. The highest BCUT2D eigenvalue weighted by Gasteiger charge is 2.15. The van der Waals surface area contributed by atoms with Crippen LogP contribution in [0.4, 0.5) is 5.69 Å². The standard InChI is InChI=1S/C20H19Cl2N5O2S/c1-26(10-14-4-3-5-16(21)18(14)22)19(29)13-6-8-15(9-7-13)24-17(28)11-30-20-25-23-12-27(20)2/h3-9,12H,10-11H2,1-2H3,(H,24,28). The minimum atomic E-state index is -0.171. The predicted octanol–water partition coefficient (Wildman–Crippen LogP) is 4.12. The van der Waals surface area contributed by atoms with E-state index >= 15 is 0 Å². The third kappa shape index (κ3) is 5.53. The number of aryl methyl sites for hydroxylation is 1. The predicted molar refractivity (Wildman–Crippen MR) is 119 cm³/mol. The van der Waals surface area contributed by atoms with Gasteiger partial charge in [-0.05, 0) is 35.9 Å². The minimum Gasteiger partial charge on any atom is -0.337 e. The highest BCUT2D eigenvalue weighted by Crippen LogP contribution is 2.26. The first-order chi connectivity index (χ1) is 14.3. The summed E-state index contributed by atoms with van der Waals surface area (Å²) in [4.78, 5) is 26.4. The Morgan fingerprint density at radius 2 is 1.90 bits per heavy atom. The third-order valence-corrected chi connectivity index (χ3v) is 6.10. The van der Waals surface area contributed by atoms with Crippen molar-refractivity contribution in [2.75, 3.05) is 18.1 Å². The number of aromatic nitrogens is 3. The largest absolute Gasteiger partial charge is 0.337 e. The molecule has 156 valence electrons. The van der Waals surface area contributed by atoms with E-state index in [9.17, 15) is 9.59 Å². The topological polar surface area (TPSA) is 80.1 Å². The number of nitrogens with one attached hydrogen (secondary N) is 1. The lowest BCUT2D eigenvalue weighted by Crippen LogP contribution is -2.26. The van der Waals surface area contributed by atoms with Crippen molar-refractivity contribution in [2.45, 2.75) is 11.7 Å². The summed E-state index contributed by atoms with van der Waals surface area (Å²) in [6.07, 6.45) is 1.58. The summed E-state index contributed by atoms with van der Waals surface area (Å²) in [6.45, 7) is 0.329. The van der Waals surface area contributed by atoms with Crippen LogP contribution in [0.25, 0.3) is 0 Å². The summed E-state index contributed by atoms with van der Waals surface area (Å²) >= 11 is 13.5. The highest BCUT2D eigenvalue weighted by atomic mass is 35.5. The van der Waals surface area contributed by atoms with E-state index in [1.165, 1.54) is 11.8 Å². The maximum atomic E-state index is 12.7. The van der Waals surface area contributed by atoms with E-state index in [0.717, 1.165) is 5.56 Å². The van der Waals surface area contributed by atoms with Gasteiger partial charge in [0.2, 0.25) is 5.91 Å². The first-order valence-corrected chi connectivity index (χ1v) is 10.6. The zero-order valence-electron chi connectivity index (χ0n) is 16.3. The van der Waals surface area contributed by atoms with Crippen LogP contribution >= 0.6 is 35.0 Å². The molecular formula is C20H19Cl2N5O2S. The van der Waals surface area contributed by atoms with Gasteiger partial charge in [-0.15, -0.1) is 10.2 Å². The number of halogens is 2. The Morgan fingerprint density at radius 3 is 2.57 bits per heavy atom. The molecule has 2 amide bonds. The van der Waals surface area contributed by atoms with Crippen LogP contribution < -0.4 is 5.32 Å². The Hall–Kier alpha value is -2.55. The summed E-state index contributed by atoms with van der Waals surface area (Å²) in [5, 5.41) is 12.0. The second-order valence-electron chi connectivity index (χ2n) is 6.51. The van der Waals surface area contributed by atoms with Gasteiger partial charge in [0.15, 0.2) is 5.16 Å². The second kappa shape index (κ2) is 9.97. The molecule has 0 unspecified atom stereocenters. The van der Waals surface area contributed by atoms with E-state index in [1.807, 2.05) is 13.1 Å². The molecule has 2 aromatic carbocycles. The van der Waals surface area contributed by atoms with Crippen LogP contribution in [-0.2, 0) is 18.4 Å². The Bertz CT molecular complexity index is 1060. The molecule has 0 aliphatic carbocycles. The fraction of sp³-hybridized carbons (Fsp3) is 0.200. The van der Waals surface area contributed by atoms with E-state index in [-0.39, 0.29) is 17.6 Å². The zero-order valence-corrected chi connectivity index (χ0v) is 18.6. The molecule has 1 aromatic heterocycles. The molecule has 3 rings (SSSR count). The van der Waals surface area contributed by atoms with Gasteiger partial charge in [-0.1, -0.05) is 47.1 Å². The van der Waals surface area contributed by atoms with Gasteiger partial charge in [-0.2, -0.15) is 0 Å². The van der Waals surface area contributed by atoms with E-state index in [1.54, 1.807) is 59.2 Å². The molecule has 7 nitrogen and oxygen atoms in total. The Kier molecular flexibility index (Phi) is 7.36. The number of nitrogens with zero attached hydrogens (tertiary/aromatic N) is 4. The fourth-order valence-corrected chi connectivity index (χ4v) is 3.71. The summed E-state index contributed by atoms with van der Waals surface area (Å²) in [5.41, 5.74) is 1.88. The van der Waals surface area contributed by atoms with Gasteiger partial charge in [0.05, 0.1) is 15.8 Å². The van der Waals surface area contributed by atoms with Gasteiger partial charge in [-0.25, -0.2) is 0 Å². The lowest BCUT2D eigenvalue weighted by atomic mass is 10.1. The Balaban J connectivity index is 1.56. The van der Waals surface area contributed by atoms with Crippen molar-refractivity contribution < 1.29 is 9.59 Å². The molecule has 1 N–H and O–H groups in total. The van der Waals surface area contributed by atoms with Crippen molar-refractivity contribution in [2.24, 2.45) is 7.05 Å². The minimum absolute atomic E-state index is 0.165. The van der Waals surface area contributed by atoms with Crippen LogP contribution in [0.1, 0.15) is 15.9 Å². The number of rotatable bonds is 7. The zero-order chi connectivity index (χ0) is 21.7. The molecular weight excluding hydrogens is 445 g/mol. The van der Waals surface area contributed by atoms with Crippen LogP contribution in [0.3, 0.4) is 0 Å². The quantitative estimate of drug-likeness (QED) is 0.532. The fourth-order valence-electron chi connectivity index (χ4n) is 2.64. The average molecular weight is 464 g/mol. The van der Waals surface area contributed by atoms with Crippen molar-refractivity contribution in [1.29, 1.82) is 0 Å². The van der Waals surface area contributed by atoms with Crippen molar-refractivity contribution in [3.8, 4) is 0 Å². The molecule has 0 radical (unpaired) electrons. The number of thioether (sulfide) groups is 1. The summed E-state index contributed by atoms with van der Waals surface area (Å²) < 4.78 is 1.74. The number of anilines is 1. The maximum absolute atomic E-state index is 12.7. The van der Waals surface area contributed by atoms with Gasteiger partial charge in [0.1, 0.15) is 6.33 Å². The van der Waals surface area contributed by atoms with Crippen LogP contribution in [0, 0.1) is 0 Å². The molecule has 0 saturated heterocycles. The molecule has 0 aliphatic heterocycles. The number of carbonyl (C=O) groups excluding carboxylic acids is 2. The molecule has 3 aromatic rings. The first kappa shape index (κ1) is 22.1. The van der Waals surface area contributed by atoms with Crippen LogP contribution in [-0.4, -0.2) is 44.3 Å². The van der Waals surface area contributed by atoms with E-state index in [4.69, 9.17) is 23.2 Å². The van der Waals surface area contributed by atoms with Gasteiger partial charge < -0.3 is 14.8 Å². The maximum Gasteiger partial charge on any atom is 0.253 e. The smallest absolute Gasteiger partial charge is 0.253 e. The van der Waals surface area contributed by atoms with Crippen LogP contribution in [0.2, 0.25) is 10.0 Å². The van der Waals surface area contributed by atoms with Crippen molar-refractivity contribution >= 4 is 52.5 Å². The monoisotopic (exact) mass is 463 g/mol. The van der Waals surface area contributed by atoms with E-state index in [0.29, 0.717) is 33.0 Å². The Morgan fingerprint density at radius 1 is 1.17 bits per heavy atom. The summed E-state index contributed by atoms with van der Waals surface area (Å²) in [7, 11) is 3.51. The molecule has 0 saturated carbocycles. The molecule has 0 atom stereocenters. The Labute approximate surface area is 188 Å². The number of benzene rings is 2. The van der Waals surface area contributed by atoms with Gasteiger partial charge in [0.25, 0.3) is 5.91 Å². The number of hydrogen-bond acceptors (Lipinski definition) is 5. The van der Waals surface area contributed by atoms with Gasteiger partial charge in [-0.3, -0.25) is 9.59 Å². The summed E-state index contributed by atoms with van der Waals surface area (Å²) in [6, 6.07) is 12.1. The molecule has 30 heavy (non-hydrogen) atoms. The SMILES string of the molecule is CN(Cc1cccc(Cl)c1Cl)C(=O)c1ccc(NC(=O)CSc2nncn2C)cc1. The van der Waals surface area contributed by atoms with Gasteiger partial charge >= 0.3 is 0 Å². The lowest BCUT2D eigenvalue weighted by Gasteiger charge is -2.18. The molecule has 0 bridgehead atoms. The second-order valence-corrected chi connectivity index (χ2v) is 8.24. The van der Waals surface area contributed by atoms with E-state index < -0.39 is 0 Å². The van der Waals surface area contributed by atoms with Crippen molar-refractivity contribution in [1.82, 2.24) is 19.7 Å². The van der Waals surface area contributed by atoms with Crippen LogP contribution in [0.5, 0.6) is 0 Å². The molecule has 10 heteroatoms. The highest BCUT2D eigenvalue weighted by molar-refractivity contribution is 7.99. The molecule has 1 heterocycles. The van der Waals surface area contributed by atoms with Crippen molar-refractivity contribution in [3.05, 3.63) is 70.0 Å². The van der Waals surface area contributed by atoms with Crippen LogP contribution in [0.15, 0.2) is 53.9 Å². The summed E-state index contributed by atoms with van der Waals surface area (Å²) in [5.74, 6) is -0.132. The first-order valence-electron chi connectivity index (χ1n) is 8.90. The van der Waals surface area contributed by atoms with E-state index in [2.05, 4.69) is 15.5 Å². The molecule has 0 fully saturated rings. The number of carbonyl (C=O) groups is 2. The lowest BCUT2D eigenvalue weighted by molar-refractivity contribution is -0.113. The molecule has 0 aliphatic rings. The van der Waals surface area contributed by atoms with Crippen molar-refractivity contribution in [3.63, 3.8) is 0 Å². The molecule has 0 spiro atoms. The average Bonchev–Trinajstić information content (AvgIpc) is 3.14. The third-order valence-electron chi connectivity index (χ3n) is 4.20. The van der Waals surface area contributed by atoms with Gasteiger partial charge in [0, 0.05) is 31.9 Å². The number of amides is 2.